The second kappa shape index (κ2) is 19.8. The number of phenolic OH excluding ortho intramolecular Hbond substituents is 1. The van der Waals surface area contributed by atoms with Crippen LogP contribution in [0.1, 0.15) is 104 Å². The highest BCUT2D eigenvalue weighted by molar-refractivity contribution is 8.04. The summed E-state index contributed by atoms with van der Waals surface area (Å²) < 4.78 is 0. The van der Waals surface area contributed by atoms with Gasteiger partial charge in [-0.3, -0.25) is 24.0 Å². The number of phenols is 1. The van der Waals surface area contributed by atoms with Gasteiger partial charge in [-0.05, 0) is 69.1 Å². The number of Topliss-reactive ketones (excluding diaryl/α,β-unsaturated/α-hetero) is 4. The summed E-state index contributed by atoms with van der Waals surface area (Å²) in [5.41, 5.74) is 0.0578. The van der Waals surface area contributed by atoms with Gasteiger partial charge in [-0.1, -0.05) is 82.4 Å². The summed E-state index contributed by atoms with van der Waals surface area (Å²) in [5, 5.41) is 46.2. The topological polar surface area (TPSA) is 178 Å². The Morgan fingerprint density at radius 1 is 0.778 bits per heavy atom. The Kier molecular flexibility index (Phi) is 16.1. The molecule has 11 heteroatoms. The highest BCUT2D eigenvalue weighted by Crippen LogP contribution is 2.39. The lowest BCUT2D eigenvalue weighted by Gasteiger charge is -2.25. The minimum absolute atomic E-state index is 0.0418. The van der Waals surface area contributed by atoms with Gasteiger partial charge in [0.15, 0.2) is 11.6 Å². The number of hydrogen-bond acceptors (Lipinski definition) is 10. The smallest absolute Gasteiger partial charge is 0.251 e. The number of hydrogen-bond donors (Lipinski definition) is 5. The van der Waals surface area contributed by atoms with Crippen molar-refractivity contribution in [1.29, 1.82) is 0 Å². The first-order valence-corrected chi connectivity index (χ1v) is 19.2. The summed E-state index contributed by atoms with van der Waals surface area (Å²) in [6, 6.07) is 1.34. The molecule has 1 aromatic rings. The molecule has 2 heterocycles. The molecule has 1 aromatic carbocycles. The molecule has 1 aliphatic carbocycles. The fourth-order valence-corrected chi connectivity index (χ4v) is 6.90. The van der Waals surface area contributed by atoms with E-state index in [9.17, 15) is 44.4 Å². The largest absolute Gasteiger partial charge is 0.507 e. The van der Waals surface area contributed by atoms with Crippen LogP contribution in [0.15, 0.2) is 88.1 Å². The summed E-state index contributed by atoms with van der Waals surface area (Å²) in [6.07, 6.45) is 12.3. The highest BCUT2D eigenvalue weighted by Gasteiger charge is 2.39. The van der Waals surface area contributed by atoms with Gasteiger partial charge in [0.25, 0.3) is 5.91 Å². The maximum Gasteiger partial charge on any atom is 0.251 e. The Hall–Kier alpha value is -4.42. The molecule has 290 valence electrons. The van der Waals surface area contributed by atoms with Crippen LogP contribution in [-0.4, -0.2) is 73.5 Å². The van der Waals surface area contributed by atoms with Gasteiger partial charge in [0.2, 0.25) is 11.6 Å². The zero-order chi connectivity index (χ0) is 40.4. The summed E-state index contributed by atoms with van der Waals surface area (Å²) in [6.45, 7) is 13.3. The standard InChI is InChI=1S/C43H53NO9S/c1-9-19-54-42-36-40(51)31-21-29(8)39(50)35(34(31)41(42)52)38(49)28(7)20-27(6)37(48)25(4)16-18-30(45)17-15-24(3)33(47)22-32(46)23(2)13-11-10-12-14-26(5)43(53)44-36/h10-16,18,20-21,23,25,27,30,32,37,45-46,48,50H,9,17,19,22H2,1-8H3,(H,44,53)/b12-10-,13-11+,18-16+,24-15+,26-14+,28-20-. The Balaban J connectivity index is 2.15. The zero-order valence-corrected chi connectivity index (χ0v) is 33.1. The molecule has 0 fully saturated rings. The summed E-state index contributed by atoms with van der Waals surface area (Å²) in [5.74, 6) is -4.35. The Morgan fingerprint density at radius 3 is 2.13 bits per heavy atom. The summed E-state index contributed by atoms with van der Waals surface area (Å²) in [4.78, 5) is 68.5. The van der Waals surface area contributed by atoms with Crippen molar-refractivity contribution >= 4 is 40.8 Å². The fraction of sp³-hybridized carbons (Fsp3) is 0.419. The van der Waals surface area contributed by atoms with Gasteiger partial charge in [0, 0.05) is 40.9 Å². The maximum absolute atomic E-state index is 14.2. The Morgan fingerprint density at radius 2 is 1.46 bits per heavy atom. The second-order valence-electron chi connectivity index (χ2n) is 14.1. The van der Waals surface area contributed by atoms with Crippen LogP contribution in [-0.2, 0) is 9.59 Å². The van der Waals surface area contributed by atoms with Crippen LogP contribution in [0, 0.1) is 24.7 Å². The molecule has 2 aliphatic heterocycles. The van der Waals surface area contributed by atoms with E-state index in [4.69, 9.17) is 0 Å². The van der Waals surface area contributed by atoms with Crippen molar-refractivity contribution in [3.05, 3.63) is 110 Å². The molecule has 4 rings (SSSR count). The highest BCUT2D eigenvalue weighted by atomic mass is 32.2. The van der Waals surface area contributed by atoms with E-state index in [1.54, 1.807) is 71.1 Å². The number of aromatic hydroxyl groups is 1. The molecule has 0 spiro atoms. The second-order valence-corrected chi connectivity index (χ2v) is 15.2. The number of rotatable bonds is 3. The van der Waals surface area contributed by atoms with Crippen LogP contribution in [0.5, 0.6) is 5.75 Å². The number of aryl methyl sites for hydroxylation is 1. The molecule has 0 radical (unpaired) electrons. The SMILES string of the molecule is CCCSC1=C2NC(=O)/C(C)=C/C=C\C=C\C(C)C(O)CC(=O)/C(C)=C/CC(O)/C=C/C(C)C(O)C(C)/C=C(/C)C(=O)c3c(O)c(C)cc(c3C1=O)C2=O. The number of thioether (sulfide) groups is 1. The number of allylic oxidation sites excluding steroid dienone is 8. The number of benzene rings is 1. The van der Waals surface area contributed by atoms with E-state index in [1.165, 1.54) is 38.1 Å². The quantitative estimate of drug-likeness (QED) is 0.211. The molecule has 5 N–H and O–H groups in total. The van der Waals surface area contributed by atoms with Crippen LogP contribution in [0.25, 0.3) is 0 Å². The molecule has 0 aromatic heterocycles. The van der Waals surface area contributed by atoms with Crippen LogP contribution < -0.4 is 5.32 Å². The molecule has 6 atom stereocenters. The lowest BCUT2D eigenvalue weighted by atomic mass is 9.83. The van der Waals surface area contributed by atoms with Crippen molar-refractivity contribution < 1.29 is 44.4 Å². The van der Waals surface area contributed by atoms with Gasteiger partial charge < -0.3 is 25.7 Å². The third-order valence-corrected chi connectivity index (χ3v) is 10.9. The van der Waals surface area contributed by atoms with E-state index in [0.717, 1.165) is 11.8 Å². The lowest BCUT2D eigenvalue weighted by Crippen LogP contribution is -2.35. The minimum atomic E-state index is -0.995. The van der Waals surface area contributed by atoms with E-state index in [0.29, 0.717) is 17.7 Å². The molecule has 10 nitrogen and oxygen atoms in total. The molecular weight excluding hydrogens is 707 g/mol. The van der Waals surface area contributed by atoms with Gasteiger partial charge in [0.1, 0.15) is 11.4 Å². The van der Waals surface area contributed by atoms with Crippen LogP contribution >= 0.6 is 11.8 Å². The van der Waals surface area contributed by atoms with Gasteiger partial charge in [-0.2, -0.15) is 0 Å². The number of ketones is 4. The number of aliphatic hydroxyl groups excluding tert-OH is 3. The number of carbonyl (C=O) groups excluding carboxylic acids is 5. The number of amides is 1. The average Bonchev–Trinajstić information content (AvgIpc) is 3.13. The summed E-state index contributed by atoms with van der Waals surface area (Å²) in [7, 11) is 0. The third-order valence-electron chi connectivity index (χ3n) is 9.57. The first-order valence-electron chi connectivity index (χ1n) is 18.2. The van der Waals surface area contributed by atoms with E-state index < -0.39 is 59.2 Å². The van der Waals surface area contributed by atoms with Crippen LogP contribution in [0.3, 0.4) is 0 Å². The van der Waals surface area contributed by atoms with Crippen LogP contribution in [0.2, 0.25) is 0 Å². The zero-order valence-electron chi connectivity index (χ0n) is 32.3. The van der Waals surface area contributed by atoms with Crippen LogP contribution in [0.4, 0.5) is 0 Å². The predicted octanol–water partition coefficient (Wildman–Crippen LogP) is 6.59. The van der Waals surface area contributed by atoms with Crippen molar-refractivity contribution in [2.45, 2.75) is 93.0 Å². The summed E-state index contributed by atoms with van der Waals surface area (Å²) >= 11 is 1.08. The number of carbonyl (C=O) groups is 5. The molecule has 0 saturated carbocycles. The minimum Gasteiger partial charge on any atom is -0.507 e. The number of aliphatic hydroxyl groups is 3. The van der Waals surface area contributed by atoms with Gasteiger partial charge in [-0.25, -0.2) is 0 Å². The average molecular weight is 760 g/mol. The van der Waals surface area contributed by atoms with Gasteiger partial charge in [0.05, 0.1) is 28.8 Å². The van der Waals surface area contributed by atoms with E-state index in [-0.39, 0.29) is 68.5 Å². The fourth-order valence-electron chi connectivity index (χ4n) is 5.97. The van der Waals surface area contributed by atoms with E-state index in [2.05, 4.69) is 5.32 Å². The molecule has 3 aliphatic rings. The molecule has 54 heavy (non-hydrogen) atoms. The Labute approximate surface area is 322 Å². The third kappa shape index (κ3) is 10.8. The van der Waals surface area contributed by atoms with Crippen molar-refractivity contribution in [1.82, 2.24) is 5.32 Å². The molecule has 0 saturated heterocycles. The van der Waals surface area contributed by atoms with Crippen molar-refractivity contribution in [3.63, 3.8) is 0 Å². The Bertz CT molecular complexity index is 1880. The van der Waals surface area contributed by atoms with Crippen molar-refractivity contribution in [2.75, 3.05) is 5.75 Å². The normalized spacial score (nSPS) is 30.5. The van der Waals surface area contributed by atoms with Crippen molar-refractivity contribution in [2.24, 2.45) is 17.8 Å². The molecule has 6 unspecified atom stereocenters. The monoisotopic (exact) mass is 759 g/mol. The first kappa shape index (κ1) is 44.0. The number of fused-ring (bicyclic) bond motifs is 18. The van der Waals surface area contributed by atoms with E-state index >= 15 is 0 Å². The molecule has 4 bridgehead atoms. The first-order chi connectivity index (χ1) is 25.4. The number of nitrogens with one attached hydrogen (secondary N) is 1. The van der Waals surface area contributed by atoms with Crippen molar-refractivity contribution in [3.8, 4) is 5.75 Å². The predicted molar refractivity (Wildman–Crippen MR) is 212 cm³/mol. The van der Waals surface area contributed by atoms with Gasteiger partial charge >= 0.3 is 0 Å². The lowest BCUT2D eigenvalue weighted by molar-refractivity contribution is -0.118. The molecular formula is C43H53NO9S. The van der Waals surface area contributed by atoms with E-state index in [1.807, 2.05) is 6.92 Å². The maximum atomic E-state index is 14.2. The van der Waals surface area contributed by atoms with Gasteiger partial charge in [-0.15, -0.1) is 11.8 Å². The molecule has 1 amide bonds.